The normalized spacial score (nSPS) is 20.9. The molecule has 0 aromatic rings. The Bertz CT molecular complexity index is 236. The summed E-state index contributed by atoms with van der Waals surface area (Å²) in [5.41, 5.74) is 5.39. The van der Waals surface area contributed by atoms with Gasteiger partial charge >= 0.3 is 0 Å². The van der Waals surface area contributed by atoms with Crippen molar-refractivity contribution in [1.82, 2.24) is 10.2 Å². The number of piperidine rings is 1. The maximum Gasteiger partial charge on any atom is 0.224 e. The van der Waals surface area contributed by atoms with Gasteiger partial charge in [0.2, 0.25) is 5.91 Å². The largest absolute Gasteiger partial charge is 0.385 e. The van der Waals surface area contributed by atoms with Crippen molar-refractivity contribution in [2.24, 2.45) is 11.7 Å². The molecule has 1 atom stereocenters. The Morgan fingerprint density at radius 3 is 3.06 bits per heavy atom. The SMILES string of the molecule is COCCCCN1CCCC(C(=O)NCCN)C1. The van der Waals surface area contributed by atoms with E-state index in [1.54, 1.807) is 7.11 Å². The fourth-order valence-electron chi connectivity index (χ4n) is 2.39. The van der Waals surface area contributed by atoms with Crippen molar-refractivity contribution < 1.29 is 9.53 Å². The lowest BCUT2D eigenvalue weighted by molar-refractivity contribution is -0.126. The van der Waals surface area contributed by atoms with E-state index in [0.717, 1.165) is 51.9 Å². The maximum atomic E-state index is 11.9. The van der Waals surface area contributed by atoms with Gasteiger partial charge in [0.25, 0.3) is 0 Å². The van der Waals surface area contributed by atoms with E-state index in [9.17, 15) is 4.79 Å². The van der Waals surface area contributed by atoms with Crippen molar-refractivity contribution >= 4 is 5.91 Å². The van der Waals surface area contributed by atoms with Gasteiger partial charge in [0.15, 0.2) is 0 Å². The van der Waals surface area contributed by atoms with Crippen molar-refractivity contribution in [2.45, 2.75) is 25.7 Å². The van der Waals surface area contributed by atoms with Gasteiger partial charge in [-0.2, -0.15) is 0 Å². The van der Waals surface area contributed by atoms with Gasteiger partial charge in [-0.3, -0.25) is 4.79 Å². The fourth-order valence-corrected chi connectivity index (χ4v) is 2.39. The Balaban J connectivity index is 2.21. The second-order valence-corrected chi connectivity index (χ2v) is 4.92. The van der Waals surface area contributed by atoms with Crippen LogP contribution < -0.4 is 11.1 Å². The lowest BCUT2D eigenvalue weighted by atomic mass is 9.97. The monoisotopic (exact) mass is 257 g/mol. The van der Waals surface area contributed by atoms with Gasteiger partial charge in [-0.1, -0.05) is 0 Å². The molecule has 0 saturated carbocycles. The van der Waals surface area contributed by atoms with Crippen LogP contribution in [-0.4, -0.2) is 57.2 Å². The summed E-state index contributed by atoms with van der Waals surface area (Å²) in [6.07, 6.45) is 4.36. The van der Waals surface area contributed by atoms with Crippen molar-refractivity contribution in [3.8, 4) is 0 Å². The van der Waals surface area contributed by atoms with Crippen LogP contribution in [0.3, 0.4) is 0 Å². The number of hydrogen-bond acceptors (Lipinski definition) is 4. The van der Waals surface area contributed by atoms with Crippen LogP contribution in [0.15, 0.2) is 0 Å². The number of likely N-dealkylation sites (tertiary alicyclic amines) is 1. The molecule has 0 aromatic carbocycles. The molecular formula is C13H27N3O2. The number of nitrogens with two attached hydrogens (primary N) is 1. The van der Waals surface area contributed by atoms with E-state index in [4.69, 9.17) is 10.5 Å². The average Bonchev–Trinajstić information content (AvgIpc) is 2.41. The Labute approximate surface area is 110 Å². The van der Waals surface area contributed by atoms with Gasteiger partial charge in [-0.05, 0) is 38.8 Å². The molecule has 1 saturated heterocycles. The summed E-state index contributed by atoms with van der Waals surface area (Å²) in [7, 11) is 1.73. The molecule has 5 nitrogen and oxygen atoms in total. The summed E-state index contributed by atoms with van der Waals surface area (Å²) in [5, 5.41) is 2.89. The summed E-state index contributed by atoms with van der Waals surface area (Å²) >= 11 is 0. The number of hydrogen-bond donors (Lipinski definition) is 2. The molecule has 1 heterocycles. The minimum absolute atomic E-state index is 0.146. The number of ether oxygens (including phenoxy) is 1. The third-order valence-corrected chi connectivity index (χ3v) is 3.39. The van der Waals surface area contributed by atoms with Crippen molar-refractivity contribution in [3.63, 3.8) is 0 Å². The van der Waals surface area contributed by atoms with E-state index < -0.39 is 0 Å². The fraction of sp³-hybridized carbons (Fsp3) is 0.923. The molecule has 1 unspecified atom stereocenters. The highest BCUT2D eigenvalue weighted by atomic mass is 16.5. The lowest BCUT2D eigenvalue weighted by Crippen LogP contribution is -2.44. The highest BCUT2D eigenvalue weighted by Crippen LogP contribution is 2.16. The molecule has 106 valence electrons. The first-order valence-electron chi connectivity index (χ1n) is 6.97. The van der Waals surface area contributed by atoms with Crippen LogP contribution in [0.25, 0.3) is 0 Å². The van der Waals surface area contributed by atoms with Crippen LogP contribution in [0.2, 0.25) is 0 Å². The lowest BCUT2D eigenvalue weighted by Gasteiger charge is -2.31. The van der Waals surface area contributed by atoms with E-state index >= 15 is 0 Å². The van der Waals surface area contributed by atoms with Crippen LogP contribution >= 0.6 is 0 Å². The summed E-state index contributed by atoms with van der Waals surface area (Å²) in [6, 6.07) is 0. The predicted molar refractivity (Wildman–Crippen MR) is 72.3 cm³/mol. The molecule has 1 aliphatic rings. The van der Waals surface area contributed by atoms with Crippen LogP contribution in [0, 0.1) is 5.92 Å². The summed E-state index contributed by atoms with van der Waals surface area (Å²) in [6.45, 7) is 5.01. The number of nitrogens with one attached hydrogen (secondary N) is 1. The van der Waals surface area contributed by atoms with Gasteiger partial charge in [0, 0.05) is 33.4 Å². The number of rotatable bonds is 8. The molecule has 3 N–H and O–H groups in total. The zero-order valence-corrected chi connectivity index (χ0v) is 11.5. The summed E-state index contributed by atoms with van der Waals surface area (Å²) in [5.74, 6) is 0.315. The van der Waals surface area contributed by atoms with Gasteiger partial charge in [-0.25, -0.2) is 0 Å². The van der Waals surface area contributed by atoms with E-state index in [2.05, 4.69) is 10.2 Å². The number of methoxy groups -OCH3 is 1. The molecular weight excluding hydrogens is 230 g/mol. The molecule has 0 aromatic heterocycles. The van der Waals surface area contributed by atoms with Gasteiger partial charge < -0.3 is 20.7 Å². The first-order chi connectivity index (χ1) is 8.77. The Hall–Kier alpha value is -0.650. The second kappa shape index (κ2) is 9.30. The molecule has 1 rings (SSSR count). The van der Waals surface area contributed by atoms with E-state index in [-0.39, 0.29) is 11.8 Å². The van der Waals surface area contributed by atoms with Gasteiger partial charge in [0.1, 0.15) is 0 Å². The number of nitrogens with zero attached hydrogens (tertiary/aromatic N) is 1. The van der Waals surface area contributed by atoms with Crippen LogP contribution in [-0.2, 0) is 9.53 Å². The average molecular weight is 257 g/mol. The molecule has 1 aliphatic heterocycles. The highest BCUT2D eigenvalue weighted by Gasteiger charge is 2.24. The van der Waals surface area contributed by atoms with E-state index in [1.807, 2.05) is 0 Å². The maximum absolute atomic E-state index is 11.9. The number of amides is 1. The quantitative estimate of drug-likeness (QED) is 0.610. The smallest absolute Gasteiger partial charge is 0.224 e. The summed E-state index contributed by atoms with van der Waals surface area (Å²) in [4.78, 5) is 14.3. The third kappa shape index (κ3) is 5.80. The Kier molecular flexibility index (Phi) is 7.96. The minimum atomic E-state index is 0.146. The first kappa shape index (κ1) is 15.4. The molecule has 1 amide bonds. The van der Waals surface area contributed by atoms with E-state index in [0.29, 0.717) is 13.1 Å². The highest BCUT2D eigenvalue weighted by molar-refractivity contribution is 5.78. The molecule has 0 radical (unpaired) electrons. The van der Waals surface area contributed by atoms with E-state index in [1.165, 1.54) is 0 Å². The minimum Gasteiger partial charge on any atom is -0.385 e. The van der Waals surface area contributed by atoms with Gasteiger partial charge in [0.05, 0.1) is 5.92 Å². The van der Waals surface area contributed by atoms with Crippen molar-refractivity contribution in [1.29, 1.82) is 0 Å². The van der Waals surface area contributed by atoms with Crippen LogP contribution in [0.1, 0.15) is 25.7 Å². The third-order valence-electron chi connectivity index (χ3n) is 3.39. The second-order valence-electron chi connectivity index (χ2n) is 4.92. The number of carbonyl (C=O) groups is 1. The van der Waals surface area contributed by atoms with Crippen LogP contribution in [0.4, 0.5) is 0 Å². The molecule has 5 heteroatoms. The topological polar surface area (TPSA) is 67.6 Å². The molecule has 0 aliphatic carbocycles. The van der Waals surface area contributed by atoms with Crippen molar-refractivity contribution in [2.75, 3.05) is 46.4 Å². The zero-order chi connectivity index (χ0) is 13.2. The number of carbonyl (C=O) groups excluding carboxylic acids is 1. The Morgan fingerprint density at radius 2 is 2.33 bits per heavy atom. The van der Waals surface area contributed by atoms with Crippen LogP contribution in [0.5, 0.6) is 0 Å². The molecule has 0 bridgehead atoms. The standard InChI is InChI=1S/C13H27N3O2/c1-18-10-3-2-8-16-9-4-5-12(11-16)13(17)15-7-6-14/h12H,2-11,14H2,1H3,(H,15,17). The Morgan fingerprint density at radius 1 is 1.50 bits per heavy atom. The molecule has 18 heavy (non-hydrogen) atoms. The predicted octanol–water partition coefficient (Wildman–Crippen LogP) is 0.200. The zero-order valence-electron chi connectivity index (χ0n) is 11.5. The molecule has 1 fully saturated rings. The van der Waals surface area contributed by atoms with Crippen molar-refractivity contribution in [3.05, 3.63) is 0 Å². The molecule has 0 spiro atoms. The van der Waals surface area contributed by atoms with Gasteiger partial charge in [-0.15, -0.1) is 0 Å². The first-order valence-corrected chi connectivity index (χ1v) is 6.97. The number of unbranched alkanes of at least 4 members (excludes halogenated alkanes) is 1. The summed E-state index contributed by atoms with van der Waals surface area (Å²) < 4.78 is 5.04.